The van der Waals surface area contributed by atoms with Crippen LogP contribution in [-0.4, -0.2) is 35.7 Å². The molecule has 148 valence electrons. The number of nitrogens with one attached hydrogen (secondary N) is 1. The second kappa shape index (κ2) is 8.42. The molecule has 1 saturated heterocycles. The fraction of sp³-hybridized carbons (Fsp3) is 0.650. The number of carbonyl (C=O) groups is 3. The molecule has 2 aliphatic rings. The molecule has 1 aromatic rings. The summed E-state index contributed by atoms with van der Waals surface area (Å²) in [7, 11) is 0. The van der Waals surface area contributed by atoms with Crippen LogP contribution in [0.4, 0.5) is 5.00 Å². The summed E-state index contributed by atoms with van der Waals surface area (Å²) in [5.41, 5.74) is 7.21. The standard InChI is InChI=1S/C20H29N3O3S/c1-3-4-13-5-6-15-16(11-13)27-20(17(15)18(21)25)22-19(26)14-7-9-23(10-8-14)12(2)24/h13-14H,3-11H2,1-2H3,(H2,21,25)(H,22,26). The minimum absolute atomic E-state index is 0.0532. The van der Waals surface area contributed by atoms with Gasteiger partial charge in [-0.3, -0.25) is 14.4 Å². The van der Waals surface area contributed by atoms with Crippen LogP contribution in [0.3, 0.4) is 0 Å². The predicted octanol–water partition coefficient (Wildman–Crippen LogP) is 2.95. The minimum atomic E-state index is -0.455. The zero-order valence-corrected chi connectivity index (χ0v) is 17.0. The fourth-order valence-electron chi connectivity index (χ4n) is 4.33. The molecule has 27 heavy (non-hydrogen) atoms. The Morgan fingerprint density at radius 2 is 1.93 bits per heavy atom. The van der Waals surface area contributed by atoms with Crippen molar-refractivity contribution in [3.8, 4) is 0 Å². The molecule has 0 aromatic carbocycles. The molecule has 0 radical (unpaired) electrons. The number of fused-ring (bicyclic) bond motifs is 1. The topological polar surface area (TPSA) is 92.5 Å². The quantitative estimate of drug-likeness (QED) is 0.808. The van der Waals surface area contributed by atoms with Gasteiger partial charge >= 0.3 is 0 Å². The number of hydrogen-bond donors (Lipinski definition) is 2. The number of nitrogens with two attached hydrogens (primary N) is 1. The molecule has 0 spiro atoms. The van der Waals surface area contributed by atoms with Gasteiger partial charge in [0.25, 0.3) is 5.91 Å². The SMILES string of the molecule is CCCC1CCc2c(sc(NC(=O)C3CCN(C(C)=O)CC3)c2C(N)=O)C1. The molecule has 1 aliphatic carbocycles. The Hall–Kier alpha value is -1.89. The second-order valence-corrected chi connectivity index (χ2v) is 8.84. The lowest BCUT2D eigenvalue weighted by molar-refractivity contribution is -0.132. The fourth-order valence-corrected chi connectivity index (χ4v) is 5.70. The lowest BCUT2D eigenvalue weighted by Gasteiger charge is -2.30. The summed E-state index contributed by atoms with van der Waals surface area (Å²) in [6, 6.07) is 0. The maximum atomic E-state index is 12.7. The maximum Gasteiger partial charge on any atom is 0.251 e. The molecule has 1 aromatic heterocycles. The monoisotopic (exact) mass is 391 g/mol. The van der Waals surface area contributed by atoms with Crippen LogP contribution in [0.25, 0.3) is 0 Å². The third-order valence-corrected chi connectivity index (χ3v) is 7.03. The molecule has 1 aliphatic heterocycles. The van der Waals surface area contributed by atoms with Gasteiger partial charge in [-0.1, -0.05) is 19.8 Å². The van der Waals surface area contributed by atoms with Gasteiger partial charge in [-0.05, 0) is 43.6 Å². The van der Waals surface area contributed by atoms with E-state index < -0.39 is 5.91 Å². The van der Waals surface area contributed by atoms with Crippen LogP contribution >= 0.6 is 11.3 Å². The third-order valence-electron chi connectivity index (χ3n) is 5.86. The van der Waals surface area contributed by atoms with Gasteiger partial charge in [-0.15, -0.1) is 11.3 Å². The van der Waals surface area contributed by atoms with Crippen molar-refractivity contribution < 1.29 is 14.4 Å². The summed E-state index contributed by atoms with van der Waals surface area (Å²) in [4.78, 5) is 39.2. The van der Waals surface area contributed by atoms with Crippen molar-refractivity contribution in [2.45, 2.75) is 58.8 Å². The summed E-state index contributed by atoms with van der Waals surface area (Å²) in [6.07, 6.45) is 6.58. The van der Waals surface area contributed by atoms with Gasteiger partial charge in [0.1, 0.15) is 5.00 Å². The Labute approximate surface area is 164 Å². The first kappa shape index (κ1) is 19.9. The van der Waals surface area contributed by atoms with E-state index in [0.717, 1.165) is 31.2 Å². The minimum Gasteiger partial charge on any atom is -0.365 e. The average molecular weight is 392 g/mol. The highest BCUT2D eigenvalue weighted by Crippen LogP contribution is 2.40. The molecular weight excluding hydrogens is 362 g/mol. The number of thiophene rings is 1. The van der Waals surface area contributed by atoms with E-state index in [9.17, 15) is 14.4 Å². The molecular formula is C20H29N3O3S. The highest BCUT2D eigenvalue weighted by atomic mass is 32.1. The molecule has 0 bridgehead atoms. The Kier molecular flexibility index (Phi) is 6.19. The second-order valence-electron chi connectivity index (χ2n) is 7.74. The molecule has 0 saturated carbocycles. The highest BCUT2D eigenvalue weighted by Gasteiger charge is 2.31. The summed E-state index contributed by atoms with van der Waals surface area (Å²) in [5, 5.41) is 3.60. The molecule has 7 heteroatoms. The van der Waals surface area contributed by atoms with Gasteiger partial charge in [0.15, 0.2) is 0 Å². The summed E-state index contributed by atoms with van der Waals surface area (Å²) in [6.45, 7) is 4.97. The Morgan fingerprint density at radius 3 is 2.52 bits per heavy atom. The number of likely N-dealkylation sites (tertiary alicyclic amines) is 1. The zero-order valence-electron chi connectivity index (χ0n) is 16.2. The van der Waals surface area contributed by atoms with Crippen molar-refractivity contribution in [3.05, 3.63) is 16.0 Å². The lowest BCUT2D eigenvalue weighted by atomic mass is 9.84. The van der Waals surface area contributed by atoms with E-state index in [2.05, 4.69) is 12.2 Å². The van der Waals surface area contributed by atoms with Crippen LogP contribution in [0.1, 0.15) is 66.8 Å². The van der Waals surface area contributed by atoms with Gasteiger partial charge in [0.05, 0.1) is 5.56 Å². The van der Waals surface area contributed by atoms with Crippen molar-refractivity contribution >= 4 is 34.1 Å². The number of anilines is 1. The molecule has 6 nitrogen and oxygen atoms in total. The van der Waals surface area contributed by atoms with E-state index in [1.165, 1.54) is 22.6 Å². The first-order valence-electron chi connectivity index (χ1n) is 9.91. The smallest absolute Gasteiger partial charge is 0.251 e. The number of amides is 3. The Morgan fingerprint density at radius 1 is 1.22 bits per heavy atom. The predicted molar refractivity (Wildman–Crippen MR) is 107 cm³/mol. The van der Waals surface area contributed by atoms with Gasteiger partial charge < -0.3 is 16.0 Å². The number of piperidine rings is 1. The highest BCUT2D eigenvalue weighted by molar-refractivity contribution is 7.17. The Balaban J connectivity index is 1.72. The number of carbonyl (C=O) groups excluding carboxylic acids is 3. The molecule has 3 rings (SSSR count). The lowest BCUT2D eigenvalue weighted by Crippen LogP contribution is -2.40. The normalized spacial score (nSPS) is 20.2. The van der Waals surface area contributed by atoms with Gasteiger partial charge in [0, 0.05) is 30.8 Å². The van der Waals surface area contributed by atoms with Crippen LogP contribution in [0, 0.1) is 11.8 Å². The number of rotatable bonds is 5. The van der Waals surface area contributed by atoms with Crippen molar-refractivity contribution in [2.75, 3.05) is 18.4 Å². The summed E-state index contributed by atoms with van der Waals surface area (Å²) < 4.78 is 0. The third kappa shape index (κ3) is 4.34. The molecule has 3 amide bonds. The van der Waals surface area contributed by atoms with Crippen LogP contribution < -0.4 is 11.1 Å². The van der Waals surface area contributed by atoms with Crippen LogP contribution in [0.5, 0.6) is 0 Å². The van der Waals surface area contributed by atoms with Gasteiger partial charge in [-0.25, -0.2) is 0 Å². The molecule has 2 heterocycles. The summed E-state index contributed by atoms with van der Waals surface area (Å²) >= 11 is 1.52. The first-order chi connectivity index (χ1) is 12.9. The van der Waals surface area contributed by atoms with E-state index in [0.29, 0.717) is 42.4 Å². The summed E-state index contributed by atoms with van der Waals surface area (Å²) in [5.74, 6) is 0.0552. The van der Waals surface area contributed by atoms with Crippen LogP contribution in [0.15, 0.2) is 0 Å². The van der Waals surface area contributed by atoms with E-state index in [4.69, 9.17) is 5.73 Å². The molecule has 1 unspecified atom stereocenters. The molecule has 1 atom stereocenters. The van der Waals surface area contributed by atoms with E-state index in [1.807, 2.05) is 0 Å². The van der Waals surface area contributed by atoms with Crippen LogP contribution in [-0.2, 0) is 22.4 Å². The van der Waals surface area contributed by atoms with Crippen molar-refractivity contribution in [2.24, 2.45) is 17.6 Å². The largest absolute Gasteiger partial charge is 0.365 e. The number of primary amides is 1. The van der Waals surface area contributed by atoms with Crippen LogP contribution in [0.2, 0.25) is 0 Å². The maximum absolute atomic E-state index is 12.7. The van der Waals surface area contributed by atoms with Gasteiger partial charge in [-0.2, -0.15) is 0 Å². The van der Waals surface area contributed by atoms with Gasteiger partial charge in [0.2, 0.25) is 11.8 Å². The molecule has 1 fully saturated rings. The Bertz CT molecular complexity index is 735. The molecule has 3 N–H and O–H groups in total. The van der Waals surface area contributed by atoms with E-state index in [-0.39, 0.29) is 17.7 Å². The van der Waals surface area contributed by atoms with Crippen molar-refractivity contribution in [1.82, 2.24) is 4.90 Å². The zero-order chi connectivity index (χ0) is 19.6. The number of hydrogen-bond acceptors (Lipinski definition) is 4. The first-order valence-corrected chi connectivity index (χ1v) is 10.7. The van der Waals surface area contributed by atoms with Crippen molar-refractivity contribution in [1.29, 1.82) is 0 Å². The van der Waals surface area contributed by atoms with E-state index >= 15 is 0 Å². The van der Waals surface area contributed by atoms with E-state index in [1.54, 1.807) is 11.8 Å². The van der Waals surface area contributed by atoms with Crippen molar-refractivity contribution in [3.63, 3.8) is 0 Å². The average Bonchev–Trinajstić information content (AvgIpc) is 2.99. The number of nitrogens with zero attached hydrogens (tertiary/aromatic N) is 1.